The highest BCUT2D eigenvalue weighted by molar-refractivity contribution is 5.21. The summed E-state index contributed by atoms with van der Waals surface area (Å²) in [5, 5.41) is 12.4. The Balaban J connectivity index is 2.16. The van der Waals surface area contributed by atoms with Crippen LogP contribution in [-0.2, 0) is 6.42 Å². The summed E-state index contributed by atoms with van der Waals surface area (Å²) in [6.45, 7) is -0.327. The van der Waals surface area contributed by atoms with Gasteiger partial charge in [-0.05, 0) is 11.6 Å². The van der Waals surface area contributed by atoms with E-state index in [1.165, 1.54) is 6.07 Å². The molecule has 7 heteroatoms. The molecule has 1 atom stereocenters. The molecule has 3 N–H and O–H groups in total. The summed E-state index contributed by atoms with van der Waals surface area (Å²) in [4.78, 5) is 3.92. The molecular weight excluding hydrogens is 244 g/mol. The lowest BCUT2D eigenvalue weighted by Crippen LogP contribution is -2.14. The van der Waals surface area contributed by atoms with Crippen LogP contribution in [0.2, 0.25) is 0 Å². The first kappa shape index (κ1) is 12.6. The summed E-state index contributed by atoms with van der Waals surface area (Å²) in [5.74, 6) is -1.02. The molecule has 1 aromatic carbocycles. The van der Waals surface area contributed by atoms with Crippen molar-refractivity contribution in [3.63, 3.8) is 0 Å². The van der Waals surface area contributed by atoms with Crippen molar-refractivity contribution >= 4 is 0 Å². The number of rotatable bonds is 4. The van der Waals surface area contributed by atoms with Crippen LogP contribution in [0.5, 0.6) is 0 Å². The number of aliphatic hydroxyl groups is 1. The van der Waals surface area contributed by atoms with Crippen LogP contribution in [0.3, 0.4) is 0 Å². The number of nitrogens with two attached hydrogens (primary N) is 1. The Kier molecular flexibility index (Phi) is 3.63. The van der Waals surface area contributed by atoms with Gasteiger partial charge in [0, 0.05) is 12.5 Å². The zero-order chi connectivity index (χ0) is 13.1. The van der Waals surface area contributed by atoms with E-state index in [4.69, 9.17) is 15.4 Å². The average molecular weight is 255 g/mol. The lowest BCUT2D eigenvalue weighted by Gasteiger charge is -2.00. The van der Waals surface area contributed by atoms with Crippen LogP contribution in [0.15, 0.2) is 22.7 Å². The first-order valence-corrected chi connectivity index (χ1v) is 5.23. The van der Waals surface area contributed by atoms with E-state index in [-0.39, 0.29) is 30.3 Å². The minimum Gasteiger partial charge on any atom is -0.394 e. The molecule has 0 fully saturated rings. The summed E-state index contributed by atoms with van der Waals surface area (Å²) < 4.78 is 30.9. The summed E-state index contributed by atoms with van der Waals surface area (Å²) in [7, 11) is 0. The van der Waals surface area contributed by atoms with Crippen molar-refractivity contribution in [2.24, 2.45) is 5.73 Å². The molecule has 0 saturated heterocycles. The highest BCUT2D eigenvalue weighted by Crippen LogP contribution is 2.14. The van der Waals surface area contributed by atoms with Gasteiger partial charge in [0.15, 0.2) is 5.82 Å². The van der Waals surface area contributed by atoms with E-state index in [0.29, 0.717) is 0 Å². The molecule has 0 aliphatic rings. The molecule has 0 bridgehead atoms. The molecular formula is C11H11F2N3O2. The van der Waals surface area contributed by atoms with E-state index in [1.54, 1.807) is 0 Å². The normalized spacial score (nSPS) is 12.7. The number of benzene rings is 1. The molecule has 2 rings (SSSR count). The van der Waals surface area contributed by atoms with Crippen LogP contribution in [0.4, 0.5) is 8.78 Å². The Bertz CT molecular complexity index is 545. The molecule has 0 saturated carbocycles. The Labute approximate surface area is 101 Å². The molecule has 1 heterocycles. The number of aromatic nitrogens is 2. The second-order valence-corrected chi connectivity index (χ2v) is 3.75. The lowest BCUT2D eigenvalue weighted by atomic mass is 10.1. The number of aliphatic hydroxyl groups excluding tert-OH is 1. The SMILES string of the molecule is N[C@H](CO)c1nc(Cc2ccc(F)cc2F)no1. The Morgan fingerprint density at radius 1 is 1.39 bits per heavy atom. The molecule has 0 unspecified atom stereocenters. The standard InChI is InChI=1S/C11H11F2N3O2/c12-7-2-1-6(8(13)4-7)3-10-15-11(18-16-10)9(14)5-17/h1-2,4,9,17H,3,5,14H2/t9-/m1/s1. The zero-order valence-corrected chi connectivity index (χ0v) is 9.31. The van der Waals surface area contributed by atoms with Gasteiger partial charge in [0.1, 0.15) is 17.7 Å². The van der Waals surface area contributed by atoms with E-state index in [2.05, 4.69) is 10.1 Å². The van der Waals surface area contributed by atoms with Crippen LogP contribution in [0, 0.1) is 11.6 Å². The minimum absolute atomic E-state index is 0.0633. The quantitative estimate of drug-likeness (QED) is 0.848. The van der Waals surface area contributed by atoms with Crippen molar-refractivity contribution in [1.29, 1.82) is 0 Å². The fourth-order valence-corrected chi connectivity index (χ4v) is 1.40. The van der Waals surface area contributed by atoms with Gasteiger partial charge in [0.05, 0.1) is 6.61 Å². The molecule has 18 heavy (non-hydrogen) atoms. The monoisotopic (exact) mass is 255 g/mol. The summed E-state index contributed by atoms with van der Waals surface area (Å²) in [5.41, 5.74) is 5.73. The third kappa shape index (κ3) is 2.69. The molecule has 0 radical (unpaired) electrons. The lowest BCUT2D eigenvalue weighted by molar-refractivity contribution is 0.236. The van der Waals surface area contributed by atoms with E-state index >= 15 is 0 Å². The van der Waals surface area contributed by atoms with Gasteiger partial charge in [-0.25, -0.2) is 8.78 Å². The molecule has 5 nitrogen and oxygen atoms in total. The van der Waals surface area contributed by atoms with Crippen molar-refractivity contribution in [3.05, 3.63) is 47.1 Å². The van der Waals surface area contributed by atoms with Crippen molar-refractivity contribution in [2.45, 2.75) is 12.5 Å². The van der Waals surface area contributed by atoms with Crippen LogP contribution in [-0.4, -0.2) is 21.9 Å². The van der Waals surface area contributed by atoms with E-state index < -0.39 is 17.7 Å². The molecule has 0 aliphatic heterocycles. The van der Waals surface area contributed by atoms with Gasteiger partial charge in [-0.1, -0.05) is 11.2 Å². The summed E-state index contributed by atoms with van der Waals surface area (Å²) in [6.07, 6.45) is 0.0633. The van der Waals surface area contributed by atoms with Gasteiger partial charge in [-0.2, -0.15) is 4.98 Å². The highest BCUT2D eigenvalue weighted by atomic mass is 19.1. The average Bonchev–Trinajstić information content (AvgIpc) is 2.80. The third-order valence-electron chi connectivity index (χ3n) is 2.36. The molecule has 0 aliphatic carbocycles. The second kappa shape index (κ2) is 5.19. The maximum absolute atomic E-state index is 13.4. The molecule has 0 spiro atoms. The maximum Gasteiger partial charge on any atom is 0.245 e. The van der Waals surface area contributed by atoms with Crippen LogP contribution >= 0.6 is 0 Å². The molecule has 96 valence electrons. The number of nitrogens with zero attached hydrogens (tertiary/aromatic N) is 2. The number of hydrogen-bond donors (Lipinski definition) is 2. The fourth-order valence-electron chi connectivity index (χ4n) is 1.40. The fraction of sp³-hybridized carbons (Fsp3) is 0.273. The van der Waals surface area contributed by atoms with Crippen LogP contribution < -0.4 is 5.73 Å². The minimum atomic E-state index is -0.760. The Morgan fingerprint density at radius 3 is 2.83 bits per heavy atom. The topological polar surface area (TPSA) is 85.2 Å². The van der Waals surface area contributed by atoms with Gasteiger partial charge in [0.2, 0.25) is 5.89 Å². The number of hydrogen-bond acceptors (Lipinski definition) is 5. The highest BCUT2D eigenvalue weighted by Gasteiger charge is 2.15. The Morgan fingerprint density at radius 2 is 2.17 bits per heavy atom. The smallest absolute Gasteiger partial charge is 0.245 e. The van der Waals surface area contributed by atoms with Gasteiger partial charge in [-0.15, -0.1) is 0 Å². The van der Waals surface area contributed by atoms with E-state index in [0.717, 1.165) is 12.1 Å². The van der Waals surface area contributed by atoms with Crippen molar-refractivity contribution < 1.29 is 18.4 Å². The van der Waals surface area contributed by atoms with Crippen molar-refractivity contribution in [3.8, 4) is 0 Å². The van der Waals surface area contributed by atoms with E-state index in [1.807, 2.05) is 0 Å². The maximum atomic E-state index is 13.4. The second-order valence-electron chi connectivity index (χ2n) is 3.75. The molecule has 1 aromatic heterocycles. The largest absolute Gasteiger partial charge is 0.394 e. The van der Waals surface area contributed by atoms with Gasteiger partial charge >= 0.3 is 0 Å². The van der Waals surface area contributed by atoms with Crippen molar-refractivity contribution in [2.75, 3.05) is 6.61 Å². The first-order chi connectivity index (χ1) is 8.60. The van der Waals surface area contributed by atoms with Gasteiger partial charge in [0.25, 0.3) is 0 Å². The molecule has 0 amide bonds. The van der Waals surface area contributed by atoms with Crippen LogP contribution in [0.25, 0.3) is 0 Å². The van der Waals surface area contributed by atoms with E-state index in [9.17, 15) is 8.78 Å². The van der Waals surface area contributed by atoms with Crippen LogP contribution in [0.1, 0.15) is 23.3 Å². The Hall–Kier alpha value is -1.86. The zero-order valence-electron chi connectivity index (χ0n) is 9.31. The van der Waals surface area contributed by atoms with Gasteiger partial charge < -0.3 is 15.4 Å². The predicted octanol–water partition coefficient (Wildman–Crippen LogP) is 0.931. The predicted molar refractivity (Wildman–Crippen MR) is 57.5 cm³/mol. The number of halogens is 2. The third-order valence-corrected chi connectivity index (χ3v) is 2.36. The van der Waals surface area contributed by atoms with Gasteiger partial charge in [-0.3, -0.25) is 0 Å². The first-order valence-electron chi connectivity index (χ1n) is 5.23. The molecule has 2 aromatic rings. The summed E-state index contributed by atoms with van der Waals surface area (Å²) in [6, 6.07) is 2.49. The summed E-state index contributed by atoms with van der Waals surface area (Å²) >= 11 is 0. The van der Waals surface area contributed by atoms with Crippen molar-refractivity contribution in [1.82, 2.24) is 10.1 Å².